The van der Waals surface area contributed by atoms with Gasteiger partial charge in [-0.1, -0.05) is 73.9 Å². The third kappa shape index (κ3) is 4.28. The highest BCUT2D eigenvalue weighted by molar-refractivity contribution is 5.63. The monoisotopic (exact) mass is 390 g/mol. The van der Waals surface area contributed by atoms with Gasteiger partial charge in [-0.05, 0) is 41.9 Å². The molecule has 3 heterocycles. The Morgan fingerprint density at radius 2 is 1.52 bits per heavy atom. The van der Waals surface area contributed by atoms with E-state index in [1.54, 1.807) is 0 Å². The molecule has 3 atom stereocenters. The van der Waals surface area contributed by atoms with Crippen LogP contribution in [0.25, 0.3) is 11.1 Å². The van der Waals surface area contributed by atoms with E-state index in [9.17, 15) is 5.11 Å². The molecule has 3 aliphatic heterocycles. The van der Waals surface area contributed by atoms with E-state index in [-0.39, 0.29) is 6.10 Å². The maximum atomic E-state index is 10.7. The van der Waals surface area contributed by atoms with Crippen LogP contribution in [0.2, 0.25) is 0 Å². The first-order valence-corrected chi connectivity index (χ1v) is 11.6. The molecular formula is C26H34N2O. The van der Waals surface area contributed by atoms with Crippen LogP contribution in [0.3, 0.4) is 0 Å². The van der Waals surface area contributed by atoms with Crippen molar-refractivity contribution in [2.24, 2.45) is 5.92 Å². The number of nitrogens with zero attached hydrogens (tertiary/aromatic N) is 2. The Morgan fingerprint density at radius 3 is 2.24 bits per heavy atom. The van der Waals surface area contributed by atoms with Crippen molar-refractivity contribution in [3.05, 3.63) is 60.2 Å². The maximum absolute atomic E-state index is 10.7. The van der Waals surface area contributed by atoms with Gasteiger partial charge in [0.25, 0.3) is 0 Å². The van der Waals surface area contributed by atoms with Crippen LogP contribution in [0.4, 0.5) is 0 Å². The molecule has 4 aliphatic rings. The van der Waals surface area contributed by atoms with Gasteiger partial charge in [0.05, 0.1) is 6.10 Å². The molecule has 0 aromatic heterocycles. The summed E-state index contributed by atoms with van der Waals surface area (Å²) in [6.07, 6.45) is 7.80. The van der Waals surface area contributed by atoms with Gasteiger partial charge in [0.15, 0.2) is 0 Å². The number of fused-ring (bicyclic) bond motifs is 3. The number of hydrogen-bond acceptors (Lipinski definition) is 3. The molecule has 29 heavy (non-hydrogen) atoms. The number of aliphatic hydroxyl groups excluding tert-OH is 1. The molecule has 0 spiro atoms. The van der Waals surface area contributed by atoms with Crippen molar-refractivity contribution in [2.45, 2.75) is 63.3 Å². The van der Waals surface area contributed by atoms with Crippen LogP contribution in [-0.4, -0.2) is 52.7 Å². The Balaban J connectivity index is 1.22. The van der Waals surface area contributed by atoms with E-state index >= 15 is 0 Å². The molecule has 2 aromatic carbocycles. The summed E-state index contributed by atoms with van der Waals surface area (Å²) < 4.78 is 0. The first-order chi connectivity index (χ1) is 14.3. The number of rotatable bonds is 5. The van der Waals surface area contributed by atoms with Gasteiger partial charge < -0.3 is 5.11 Å². The number of hydrogen-bond donors (Lipinski definition) is 1. The molecule has 6 rings (SSSR count). The number of piperidine rings is 2. The lowest BCUT2D eigenvalue weighted by molar-refractivity contribution is -0.102. The Bertz CT molecular complexity index is 784. The highest BCUT2D eigenvalue weighted by Gasteiger charge is 2.44. The second kappa shape index (κ2) is 8.59. The van der Waals surface area contributed by atoms with E-state index in [2.05, 4.69) is 64.4 Å². The van der Waals surface area contributed by atoms with Crippen LogP contribution < -0.4 is 0 Å². The maximum Gasteiger partial charge on any atom is 0.0723 e. The summed E-state index contributed by atoms with van der Waals surface area (Å²) in [6, 6.07) is 20.5. The van der Waals surface area contributed by atoms with Crippen LogP contribution >= 0.6 is 0 Å². The van der Waals surface area contributed by atoms with E-state index in [0.717, 1.165) is 32.0 Å². The summed E-state index contributed by atoms with van der Waals surface area (Å²) in [7, 11) is 0. The van der Waals surface area contributed by atoms with Gasteiger partial charge in [-0.15, -0.1) is 0 Å². The fourth-order valence-corrected chi connectivity index (χ4v) is 5.82. The summed E-state index contributed by atoms with van der Waals surface area (Å²) in [5.74, 6) is 0.856. The minimum atomic E-state index is -0.144. The third-order valence-electron chi connectivity index (χ3n) is 7.47. The van der Waals surface area contributed by atoms with Crippen molar-refractivity contribution < 1.29 is 5.11 Å². The zero-order valence-electron chi connectivity index (χ0n) is 17.4. The van der Waals surface area contributed by atoms with Crippen LogP contribution in [0.15, 0.2) is 54.6 Å². The molecule has 3 saturated heterocycles. The van der Waals surface area contributed by atoms with E-state index < -0.39 is 0 Å². The summed E-state index contributed by atoms with van der Waals surface area (Å²) in [5, 5.41) is 10.7. The summed E-state index contributed by atoms with van der Waals surface area (Å²) in [4.78, 5) is 5.25. The lowest BCUT2D eigenvalue weighted by Crippen LogP contribution is -2.68. The van der Waals surface area contributed by atoms with Crippen LogP contribution in [0, 0.1) is 5.92 Å². The second-order valence-electron chi connectivity index (χ2n) is 9.47. The quantitative estimate of drug-likeness (QED) is 0.811. The highest BCUT2D eigenvalue weighted by Crippen LogP contribution is 2.33. The first-order valence-electron chi connectivity index (χ1n) is 11.6. The highest BCUT2D eigenvalue weighted by atomic mass is 16.3. The van der Waals surface area contributed by atoms with Crippen LogP contribution in [0.1, 0.15) is 44.1 Å². The zero-order chi connectivity index (χ0) is 19.6. The lowest BCUT2D eigenvalue weighted by Gasteiger charge is -2.54. The average Bonchev–Trinajstić information content (AvgIpc) is 2.77. The van der Waals surface area contributed by atoms with Crippen molar-refractivity contribution in [3.8, 4) is 11.1 Å². The fourth-order valence-electron chi connectivity index (χ4n) is 5.82. The molecule has 2 aromatic rings. The van der Waals surface area contributed by atoms with E-state index in [0.29, 0.717) is 12.1 Å². The molecule has 3 heteroatoms. The molecule has 1 saturated carbocycles. The third-order valence-corrected chi connectivity index (χ3v) is 7.47. The topological polar surface area (TPSA) is 26.7 Å². The van der Waals surface area contributed by atoms with E-state index in [1.165, 1.54) is 55.3 Å². The first kappa shape index (κ1) is 19.3. The Kier molecular flexibility index (Phi) is 5.72. The molecule has 0 radical (unpaired) electrons. The minimum absolute atomic E-state index is 0.144. The van der Waals surface area contributed by atoms with Crippen molar-refractivity contribution >= 4 is 0 Å². The standard InChI is InChI=1S/C26H34N2O/c29-26-15-24-18-28(17-20-7-3-1-4-8-20)25(26)19-27(24)16-21-11-13-23(14-12-21)22-9-5-2-6-10-22/h2,5-6,9-14,20,24-26,29H,1,3-4,7-8,15-19H2/t24-,25+,26-/m0/s1. The van der Waals surface area contributed by atoms with Crippen molar-refractivity contribution in [2.75, 3.05) is 19.6 Å². The second-order valence-corrected chi connectivity index (χ2v) is 9.47. The van der Waals surface area contributed by atoms with Crippen molar-refractivity contribution in [3.63, 3.8) is 0 Å². The predicted molar refractivity (Wildman–Crippen MR) is 119 cm³/mol. The van der Waals surface area contributed by atoms with Crippen molar-refractivity contribution in [1.29, 1.82) is 0 Å². The van der Waals surface area contributed by atoms with Gasteiger partial charge in [0.2, 0.25) is 0 Å². The predicted octanol–water partition coefficient (Wildman–Crippen LogP) is 4.55. The number of piperazine rings is 1. The molecule has 1 aliphatic carbocycles. The summed E-state index contributed by atoms with van der Waals surface area (Å²) in [6.45, 7) is 4.36. The van der Waals surface area contributed by atoms with Crippen molar-refractivity contribution in [1.82, 2.24) is 9.80 Å². The number of aliphatic hydroxyl groups is 1. The summed E-state index contributed by atoms with van der Waals surface area (Å²) >= 11 is 0. The zero-order valence-corrected chi connectivity index (χ0v) is 17.4. The molecule has 0 unspecified atom stereocenters. The Morgan fingerprint density at radius 1 is 0.793 bits per heavy atom. The molecule has 2 bridgehead atoms. The Labute approximate surface area is 175 Å². The molecule has 4 fully saturated rings. The molecule has 1 N–H and O–H groups in total. The van der Waals surface area contributed by atoms with E-state index in [4.69, 9.17) is 0 Å². The van der Waals surface area contributed by atoms with Gasteiger partial charge in [0, 0.05) is 38.3 Å². The van der Waals surface area contributed by atoms with Crippen LogP contribution in [0.5, 0.6) is 0 Å². The van der Waals surface area contributed by atoms with Gasteiger partial charge in [0.1, 0.15) is 0 Å². The summed E-state index contributed by atoms with van der Waals surface area (Å²) in [5.41, 5.74) is 3.94. The van der Waals surface area contributed by atoms with E-state index in [1.807, 2.05) is 0 Å². The Hall–Kier alpha value is -1.68. The van der Waals surface area contributed by atoms with Gasteiger partial charge >= 0.3 is 0 Å². The fraction of sp³-hybridized carbons (Fsp3) is 0.538. The van der Waals surface area contributed by atoms with Crippen LogP contribution in [-0.2, 0) is 6.54 Å². The molecule has 154 valence electrons. The smallest absolute Gasteiger partial charge is 0.0723 e. The molecular weight excluding hydrogens is 356 g/mol. The van der Waals surface area contributed by atoms with Gasteiger partial charge in [-0.3, -0.25) is 9.80 Å². The minimum Gasteiger partial charge on any atom is -0.391 e. The average molecular weight is 391 g/mol. The number of benzene rings is 2. The van der Waals surface area contributed by atoms with Gasteiger partial charge in [-0.25, -0.2) is 0 Å². The normalized spacial score (nSPS) is 28.7. The molecule has 0 amide bonds. The lowest BCUT2D eigenvalue weighted by atomic mass is 9.84. The van der Waals surface area contributed by atoms with Gasteiger partial charge in [-0.2, -0.15) is 0 Å². The SMILES string of the molecule is O[C@H]1C[C@H]2CN(CC3CCCCC3)[C@@H]1CN2Cc1ccc(-c2ccccc2)cc1. The molecule has 3 nitrogen and oxygen atoms in total. The largest absolute Gasteiger partial charge is 0.391 e.